The van der Waals surface area contributed by atoms with Crippen molar-refractivity contribution >= 4 is 29.0 Å². The number of carbonyl (C=O) groups is 1. The number of aromatic nitrogens is 2. The van der Waals surface area contributed by atoms with Crippen molar-refractivity contribution in [2.24, 2.45) is 0 Å². The molecule has 2 aromatic heterocycles. The van der Waals surface area contributed by atoms with E-state index in [1.165, 1.54) is 5.56 Å². The lowest BCUT2D eigenvalue weighted by atomic mass is 9.98. The Hall–Kier alpha value is -2.12. The minimum absolute atomic E-state index is 0.239. The van der Waals surface area contributed by atoms with Crippen LogP contribution in [0.2, 0.25) is 0 Å². The van der Waals surface area contributed by atoms with Gasteiger partial charge in [-0.25, -0.2) is 0 Å². The largest absolute Gasteiger partial charge is 0.462 e. The van der Waals surface area contributed by atoms with E-state index < -0.39 is 0 Å². The Morgan fingerprint density at radius 3 is 2.70 bits per heavy atom. The van der Waals surface area contributed by atoms with Crippen molar-refractivity contribution in [1.82, 2.24) is 15.1 Å². The molecule has 0 aliphatic carbocycles. The van der Waals surface area contributed by atoms with Crippen LogP contribution in [-0.4, -0.2) is 39.8 Å². The minimum Gasteiger partial charge on any atom is -0.462 e. The molecule has 3 heterocycles. The van der Waals surface area contributed by atoms with E-state index in [0.29, 0.717) is 11.7 Å². The number of thioether (sulfide) groups is 1. The van der Waals surface area contributed by atoms with Gasteiger partial charge in [-0.05, 0) is 30.5 Å². The Kier molecular flexibility index (Phi) is 5.89. The van der Waals surface area contributed by atoms with Crippen LogP contribution in [0.25, 0.3) is 10.8 Å². The Bertz CT molecular complexity index is 857. The predicted molar refractivity (Wildman–Crippen MR) is 109 cm³/mol. The summed E-state index contributed by atoms with van der Waals surface area (Å²) in [5.41, 5.74) is 1.26. The van der Waals surface area contributed by atoms with Crippen LogP contribution in [0.5, 0.6) is 0 Å². The Morgan fingerprint density at radius 1 is 1.15 bits per heavy atom. The Morgan fingerprint density at radius 2 is 1.96 bits per heavy atom. The number of carbonyl (C=O) groups excluding carboxylic acids is 1. The number of rotatable bonds is 6. The fourth-order valence-corrected chi connectivity index (χ4v) is 5.06. The smallest absolute Gasteiger partial charge is 0.232 e. The second kappa shape index (κ2) is 8.71. The first kappa shape index (κ1) is 18.3. The number of nitrogens with zero attached hydrogens (tertiary/aromatic N) is 3. The SMILES string of the molecule is O=C(CSCc1ccccc1)N1CCC(c2nnc(-c3ccco3)s2)CC1. The van der Waals surface area contributed by atoms with Gasteiger partial charge >= 0.3 is 0 Å². The topological polar surface area (TPSA) is 59.2 Å². The molecule has 1 aliphatic rings. The summed E-state index contributed by atoms with van der Waals surface area (Å²) in [6.45, 7) is 1.59. The van der Waals surface area contributed by atoms with Gasteiger partial charge in [0.2, 0.25) is 5.91 Å². The van der Waals surface area contributed by atoms with Crippen molar-refractivity contribution in [2.75, 3.05) is 18.8 Å². The number of likely N-dealkylation sites (tertiary alicyclic amines) is 1. The van der Waals surface area contributed by atoms with Crippen molar-refractivity contribution in [2.45, 2.75) is 24.5 Å². The summed E-state index contributed by atoms with van der Waals surface area (Å²) in [4.78, 5) is 14.4. The molecular formula is C20H21N3O2S2. The van der Waals surface area contributed by atoms with Crippen LogP contribution in [0.1, 0.15) is 29.3 Å². The van der Waals surface area contributed by atoms with Crippen molar-refractivity contribution in [3.8, 4) is 10.8 Å². The van der Waals surface area contributed by atoms with Crippen molar-refractivity contribution in [1.29, 1.82) is 0 Å². The van der Waals surface area contributed by atoms with Gasteiger partial charge in [0.1, 0.15) is 5.01 Å². The molecule has 0 atom stereocenters. The summed E-state index contributed by atoms with van der Waals surface area (Å²) in [7, 11) is 0. The number of amides is 1. The molecule has 4 rings (SSSR count). The molecule has 0 spiro atoms. The van der Waals surface area contributed by atoms with E-state index in [2.05, 4.69) is 22.3 Å². The normalized spacial score (nSPS) is 15.2. The van der Waals surface area contributed by atoms with Gasteiger partial charge < -0.3 is 9.32 Å². The summed E-state index contributed by atoms with van der Waals surface area (Å²) in [6.07, 6.45) is 3.54. The molecular weight excluding hydrogens is 378 g/mol. The molecule has 1 amide bonds. The van der Waals surface area contributed by atoms with E-state index >= 15 is 0 Å². The Balaban J connectivity index is 1.24. The van der Waals surface area contributed by atoms with Gasteiger partial charge in [0.25, 0.3) is 0 Å². The second-order valence-corrected chi connectivity index (χ2v) is 8.55. The van der Waals surface area contributed by atoms with Crippen LogP contribution in [-0.2, 0) is 10.5 Å². The third kappa shape index (κ3) is 4.59. The molecule has 5 nitrogen and oxygen atoms in total. The average molecular weight is 400 g/mol. The molecule has 0 radical (unpaired) electrons. The highest BCUT2D eigenvalue weighted by atomic mass is 32.2. The van der Waals surface area contributed by atoms with Crippen LogP contribution < -0.4 is 0 Å². The zero-order valence-electron chi connectivity index (χ0n) is 14.9. The lowest BCUT2D eigenvalue weighted by Gasteiger charge is -2.30. The van der Waals surface area contributed by atoms with Crippen molar-refractivity contribution in [3.05, 3.63) is 59.3 Å². The average Bonchev–Trinajstić information content (AvgIpc) is 3.41. The molecule has 1 aromatic carbocycles. The van der Waals surface area contributed by atoms with Crippen LogP contribution in [0, 0.1) is 0 Å². The van der Waals surface area contributed by atoms with Crippen LogP contribution in [0.3, 0.4) is 0 Å². The quantitative estimate of drug-likeness (QED) is 0.613. The maximum Gasteiger partial charge on any atom is 0.232 e. The maximum atomic E-state index is 12.5. The predicted octanol–water partition coefficient (Wildman–Crippen LogP) is 4.44. The number of furan rings is 1. The fraction of sp³-hybridized carbons (Fsp3) is 0.350. The van der Waals surface area contributed by atoms with Gasteiger partial charge in [-0.1, -0.05) is 41.7 Å². The van der Waals surface area contributed by atoms with Gasteiger partial charge in [-0.3, -0.25) is 4.79 Å². The van der Waals surface area contributed by atoms with Gasteiger partial charge in [0.15, 0.2) is 10.8 Å². The standard InChI is InChI=1S/C20H21N3O2S2/c24-18(14-26-13-15-5-2-1-3-6-15)23-10-8-16(9-11-23)19-21-22-20(27-19)17-7-4-12-25-17/h1-7,12,16H,8-11,13-14H2. The highest BCUT2D eigenvalue weighted by Crippen LogP contribution is 2.33. The van der Waals surface area contributed by atoms with E-state index in [0.717, 1.165) is 47.5 Å². The van der Waals surface area contributed by atoms with Crippen molar-refractivity contribution < 1.29 is 9.21 Å². The molecule has 27 heavy (non-hydrogen) atoms. The van der Waals surface area contributed by atoms with Crippen LogP contribution in [0.15, 0.2) is 53.1 Å². The molecule has 7 heteroatoms. The molecule has 1 aliphatic heterocycles. The summed E-state index contributed by atoms with van der Waals surface area (Å²) in [6, 6.07) is 14.0. The fourth-order valence-electron chi connectivity index (χ4n) is 3.20. The molecule has 0 unspecified atom stereocenters. The van der Waals surface area contributed by atoms with Crippen LogP contribution >= 0.6 is 23.1 Å². The lowest BCUT2D eigenvalue weighted by Crippen LogP contribution is -2.38. The number of piperidine rings is 1. The third-order valence-corrected chi connectivity index (χ3v) is 6.80. The summed E-state index contributed by atoms with van der Waals surface area (Å²) < 4.78 is 5.39. The first-order valence-electron chi connectivity index (χ1n) is 9.06. The zero-order valence-corrected chi connectivity index (χ0v) is 16.5. The van der Waals surface area contributed by atoms with E-state index in [-0.39, 0.29) is 5.91 Å². The third-order valence-electron chi connectivity index (χ3n) is 4.71. The highest BCUT2D eigenvalue weighted by Gasteiger charge is 2.26. The molecule has 0 bridgehead atoms. The van der Waals surface area contributed by atoms with Gasteiger partial charge in [0.05, 0.1) is 12.0 Å². The summed E-state index contributed by atoms with van der Waals surface area (Å²) in [5.74, 6) is 2.81. The second-order valence-electron chi connectivity index (χ2n) is 6.56. The Labute approximate surface area is 166 Å². The molecule has 0 N–H and O–H groups in total. The van der Waals surface area contributed by atoms with Crippen LogP contribution in [0.4, 0.5) is 0 Å². The van der Waals surface area contributed by atoms with E-state index in [1.807, 2.05) is 35.2 Å². The maximum absolute atomic E-state index is 12.5. The molecule has 3 aromatic rings. The number of hydrogen-bond acceptors (Lipinski definition) is 6. The number of benzene rings is 1. The first-order chi connectivity index (χ1) is 13.3. The molecule has 1 fully saturated rings. The molecule has 1 saturated heterocycles. The van der Waals surface area contributed by atoms with Gasteiger partial charge in [0, 0.05) is 24.8 Å². The lowest BCUT2D eigenvalue weighted by molar-refractivity contribution is -0.129. The van der Waals surface area contributed by atoms with E-state index in [4.69, 9.17) is 4.42 Å². The minimum atomic E-state index is 0.239. The highest BCUT2D eigenvalue weighted by molar-refractivity contribution is 7.99. The zero-order chi connectivity index (χ0) is 18.5. The molecule has 140 valence electrons. The monoisotopic (exact) mass is 399 g/mol. The first-order valence-corrected chi connectivity index (χ1v) is 11.0. The molecule has 0 saturated carbocycles. The number of hydrogen-bond donors (Lipinski definition) is 0. The van der Waals surface area contributed by atoms with E-state index in [1.54, 1.807) is 29.4 Å². The van der Waals surface area contributed by atoms with Crippen molar-refractivity contribution in [3.63, 3.8) is 0 Å². The summed E-state index contributed by atoms with van der Waals surface area (Å²) >= 11 is 3.28. The van der Waals surface area contributed by atoms with Gasteiger partial charge in [-0.15, -0.1) is 22.0 Å². The summed E-state index contributed by atoms with van der Waals surface area (Å²) in [5, 5.41) is 10.5. The van der Waals surface area contributed by atoms with E-state index in [9.17, 15) is 4.79 Å². The van der Waals surface area contributed by atoms with Gasteiger partial charge in [-0.2, -0.15) is 0 Å².